The van der Waals surface area contributed by atoms with Crippen LogP contribution in [0, 0.1) is 11.6 Å². The zero-order valence-electron chi connectivity index (χ0n) is 14.1. The largest absolute Gasteiger partial charge is 0.496 e. The number of nitrogens with zero attached hydrogens (tertiary/aromatic N) is 3. The number of nitrogens with two attached hydrogens (primary N) is 1. The number of methoxy groups -OCH3 is 1. The maximum Gasteiger partial charge on any atom is 0.234 e. The molecule has 0 aliphatic carbocycles. The molecular formula is C17H15F2N5O2S. The first-order chi connectivity index (χ1) is 13.0. The summed E-state index contributed by atoms with van der Waals surface area (Å²) in [5.74, 6) is 4.89. The van der Waals surface area contributed by atoms with Crippen LogP contribution in [0.25, 0.3) is 11.4 Å². The molecule has 0 aliphatic rings. The van der Waals surface area contributed by atoms with E-state index in [0.29, 0.717) is 22.3 Å². The lowest BCUT2D eigenvalue weighted by molar-refractivity contribution is -0.113. The molecule has 1 aromatic heterocycles. The smallest absolute Gasteiger partial charge is 0.234 e. The van der Waals surface area contributed by atoms with Crippen molar-refractivity contribution in [2.45, 2.75) is 5.16 Å². The van der Waals surface area contributed by atoms with Gasteiger partial charge < -0.3 is 15.9 Å². The summed E-state index contributed by atoms with van der Waals surface area (Å²) in [5.41, 5.74) is 0.684. The number of carbonyl (C=O) groups excluding carboxylic acids is 1. The lowest BCUT2D eigenvalue weighted by atomic mass is 10.2. The molecule has 0 spiro atoms. The molecule has 3 rings (SSSR count). The minimum Gasteiger partial charge on any atom is -0.496 e. The molecular weight excluding hydrogens is 376 g/mol. The second-order valence-corrected chi connectivity index (χ2v) is 6.31. The number of aromatic nitrogens is 3. The van der Waals surface area contributed by atoms with Gasteiger partial charge in [0.05, 0.1) is 18.4 Å². The summed E-state index contributed by atoms with van der Waals surface area (Å²) in [7, 11) is 1.53. The lowest BCUT2D eigenvalue weighted by Crippen LogP contribution is -2.16. The second kappa shape index (κ2) is 8.04. The van der Waals surface area contributed by atoms with Crippen molar-refractivity contribution >= 4 is 23.4 Å². The molecule has 0 aliphatic heterocycles. The molecule has 0 radical (unpaired) electrons. The van der Waals surface area contributed by atoms with Gasteiger partial charge in [-0.15, -0.1) is 10.2 Å². The van der Waals surface area contributed by atoms with Gasteiger partial charge in [-0.25, -0.2) is 13.5 Å². The Morgan fingerprint density at radius 3 is 2.63 bits per heavy atom. The van der Waals surface area contributed by atoms with Crippen LogP contribution >= 0.6 is 11.8 Å². The highest BCUT2D eigenvalue weighted by molar-refractivity contribution is 7.99. The Morgan fingerprint density at radius 1 is 1.22 bits per heavy atom. The highest BCUT2D eigenvalue weighted by Gasteiger charge is 2.16. The summed E-state index contributed by atoms with van der Waals surface area (Å²) in [6, 6.07) is 9.95. The number of rotatable bonds is 6. The van der Waals surface area contributed by atoms with Crippen molar-refractivity contribution in [3.05, 3.63) is 54.1 Å². The van der Waals surface area contributed by atoms with Gasteiger partial charge in [-0.3, -0.25) is 4.79 Å². The number of amides is 1. The molecule has 3 N–H and O–H groups in total. The fourth-order valence-corrected chi connectivity index (χ4v) is 3.00. The number of ether oxygens (including phenoxy) is 1. The molecule has 0 atom stereocenters. The number of carbonyl (C=O) groups is 1. The van der Waals surface area contributed by atoms with Crippen molar-refractivity contribution < 1.29 is 18.3 Å². The molecule has 1 heterocycles. The van der Waals surface area contributed by atoms with Crippen molar-refractivity contribution in [3.63, 3.8) is 0 Å². The fraction of sp³-hybridized carbons (Fsp3) is 0.118. The number of halogens is 2. The Labute approximate surface area is 157 Å². The number of anilines is 1. The summed E-state index contributed by atoms with van der Waals surface area (Å²) in [6.07, 6.45) is 0. The van der Waals surface area contributed by atoms with E-state index in [4.69, 9.17) is 10.6 Å². The Morgan fingerprint density at radius 2 is 1.93 bits per heavy atom. The van der Waals surface area contributed by atoms with E-state index in [1.165, 1.54) is 11.8 Å². The Balaban J connectivity index is 1.68. The maximum atomic E-state index is 13.2. The van der Waals surface area contributed by atoms with E-state index in [-0.39, 0.29) is 11.4 Å². The number of hydrogen-bond acceptors (Lipinski definition) is 6. The molecule has 3 aromatic rings. The van der Waals surface area contributed by atoms with Crippen molar-refractivity contribution in [2.75, 3.05) is 24.0 Å². The third-order valence-electron chi connectivity index (χ3n) is 3.49. The van der Waals surface area contributed by atoms with Gasteiger partial charge in [0, 0.05) is 11.8 Å². The van der Waals surface area contributed by atoms with E-state index in [1.807, 2.05) is 12.1 Å². The van der Waals surface area contributed by atoms with Gasteiger partial charge >= 0.3 is 0 Å². The van der Waals surface area contributed by atoms with Crippen molar-refractivity contribution in [2.24, 2.45) is 0 Å². The summed E-state index contributed by atoms with van der Waals surface area (Å²) >= 11 is 1.04. The quantitative estimate of drug-likeness (QED) is 0.496. The number of benzene rings is 2. The molecule has 1 amide bonds. The van der Waals surface area contributed by atoms with E-state index in [9.17, 15) is 13.6 Å². The van der Waals surface area contributed by atoms with Crippen LogP contribution in [0.4, 0.5) is 14.5 Å². The zero-order chi connectivity index (χ0) is 19.4. The molecule has 10 heteroatoms. The zero-order valence-corrected chi connectivity index (χ0v) is 15.0. The number of nitrogens with one attached hydrogen (secondary N) is 1. The first-order valence-corrected chi connectivity index (χ1v) is 8.69. The number of nitrogen functional groups attached to an aromatic ring is 1. The van der Waals surface area contributed by atoms with E-state index in [0.717, 1.165) is 30.0 Å². The minimum absolute atomic E-state index is 0.0297. The Kier molecular flexibility index (Phi) is 5.55. The molecule has 140 valence electrons. The first kappa shape index (κ1) is 18.6. The van der Waals surface area contributed by atoms with Crippen LogP contribution in [-0.2, 0) is 4.79 Å². The predicted octanol–water partition coefficient (Wildman–Crippen LogP) is 2.68. The molecule has 0 saturated carbocycles. The van der Waals surface area contributed by atoms with E-state index < -0.39 is 17.5 Å². The fourth-order valence-electron chi connectivity index (χ4n) is 2.34. The van der Waals surface area contributed by atoms with E-state index >= 15 is 0 Å². The van der Waals surface area contributed by atoms with Crippen molar-refractivity contribution in [1.82, 2.24) is 14.9 Å². The summed E-state index contributed by atoms with van der Waals surface area (Å²) in [5, 5.41) is 10.7. The Hall–Kier alpha value is -3.14. The Bertz CT molecular complexity index is 959. The molecule has 0 saturated heterocycles. The first-order valence-electron chi connectivity index (χ1n) is 7.70. The molecule has 27 heavy (non-hydrogen) atoms. The molecule has 7 nitrogen and oxygen atoms in total. The monoisotopic (exact) mass is 391 g/mol. The van der Waals surface area contributed by atoms with Crippen LogP contribution in [0.3, 0.4) is 0 Å². The average Bonchev–Trinajstić information content (AvgIpc) is 2.99. The van der Waals surface area contributed by atoms with Crippen LogP contribution in [0.15, 0.2) is 47.6 Å². The van der Waals surface area contributed by atoms with Crippen molar-refractivity contribution in [3.8, 4) is 17.1 Å². The van der Waals surface area contributed by atoms with Gasteiger partial charge in [0.15, 0.2) is 5.82 Å². The third kappa shape index (κ3) is 4.34. The molecule has 0 fully saturated rings. The van der Waals surface area contributed by atoms with Crippen LogP contribution in [-0.4, -0.2) is 33.6 Å². The lowest BCUT2D eigenvalue weighted by Gasteiger charge is -2.08. The number of para-hydroxylation sites is 1. The predicted molar refractivity (Wildman–Crippen MR) is 97.9 cm³/mol. The van der Waals surface area contributed by atoms with Crippen LogP contribution in [0.1, 0.15) is 0 Å². The van der Waals surface area contributed by atoms with Crippen LogP contribution < -0.4 is 15.9 Å². The van der Waals surface area contributed by atoms with Crippen LogP contribution in [0.5, 0.6) is 5.75 Å². The van der Waals surface area contributed by atoms with E-state index in [1.54, 1.807) is 12.1 Å². The average molecular weight is 391 g/mol. The highest BCUT2D eigenvalue weighted by atomic mass is 32.2. The van der Waals surface area contributed by atoms with Gasteiger partial charge in [-0.2, -0.15) is 0 Å². The topological polar surface area (TPSA) is 95.1 Å². The molecule has 2 aromatic carbocycles. The minimum atomic E-state index is -0.777. The summed E-state index contributed by atoms with van der Waals surface area (Å²) < 4.78 is 32.9. The normalized spacial score (nSPS) is 10.6. The standard InChI is InChI=1S/C17H15F2N5O2S/c1-26-14-5-3-2-4-13(14)16-22-23-17(24(16)20)27-9-15(25)21-12-7-10(18)6-11(19)8-12/h2-8H,9,20H2,1H3,(H,21,25). The maximum absolute atomic E-state index is 13.2. The van der Waals surface area contributed by atoms with Gasteiger partial charge in [0.1, 0.15) is 17.4 Å². The van der Waals surface area contributed by atoms with Gasteiger partial charge in [0.2, 0.25) is 11.1 Å². The second-order valence-electron chi connectivity index (χ2n) is 5.37. The molecule has 0 unspecified atom stereocenters. The highest BCUT2D eigenvalue weighted by Crippen LogP contribution is 2.29. The summed E-state index contributed by atoms with van der Waals surface area (Å²) in [6.45, 7) is 0. The number of thioether (sulfide) groups is 1. The number of hydrogen-bond donors (Lipinski definition) is 2. The van der Waals surface area contributed by atoms with E-state index in [2.05, 4.69) is 15.5 Å². The third-order valence-corrected chi connectivity index (χ3v) is 4.43. The van der Waals surface area contributed by atoms with Crippen LogP contribution in [0.2, 0.25) is 0 Å². The van der Waals surface area contributed by atoms with Crippen molar-refractivity contribution in [1.29, 1.82) is 0 Å². The van der Waals surface area contributed by atoms with Gasteiger partial charge in [0.25, 0.3) is 0 Å². The van der Waals surface area contributed by atoms with Gasteiger partial charge in [-0.05, 0) is 24.3 Å². The summed E-state index contributed by atoms with van der Waals surface area (Å²) in [4.78, 5) is 12.0. The SMILES string of the molecule is COc1ccccc1-c1nnc(SCC(=O)Nc2cc(F)cc(F)c2)n1N. The molecule has 0 bridgehead atoms. The van der Waals surface area contributed by atoms with Gasteiger partial charge in [-0.1, -0.05) is 23.9 Å².